The average molecular weight is 511 g/mol. The zero-order valence-electron chi connectivity index (χ0n) is 22.1. The average Bonchev–Trinajstić information content (AvgIpc) is 3.43. The maximum Gasteiger partial charge on any atom is 0.410 e. The van der Waals surface area contributed by atoms with Gasteiger partial charge in [0.25, 0.3) is 0 Å². The number of ether oxygens (including phenoxy) is 1. The zero-order valence-corrected chi connectivity index (χ0v) is 22.1. The highest BCUT2D eigenvalue weighted by molar-refractivity contribution is 5.82. The number of aliphatic hydroxyl groups excluding tert-OH is 1. The summed E-state index contributed by atoms with van der Waals surface area (Å²) in [6.07, 6.45) is 0.978. The number of alkyl halides is 1. The van der Waals surface area contributed by atoms with Gasteiger partial charge in [-0.25, -0.2) is 23.8 Å². The quantitative estimate of drug-likeness (QED) is 0.567. The van der Waals surface area contributed by atoms with E-state index in [1.165, 1.54) is 4.90 Å². The molecule has 3 aromatic rings. The Labute approximate surface area is 216 Å². The fourth-order valence-corrected chi connectivity index (χ4v) is 5.29. The monoisotopic (exact) mass is 510 g/mol. The minimum atomic E-state index is -1.21. The summed E-state index contributed by atoms with van der Waals surface area (Å²) in [5.74, 6) is 1.67. The number of anilines is 1. The van der Waals surface area contributed by atoms with E-state index in [1.54, 1.807) is 10.9 Å². The van der Waals surface area contributed by atoms with E-state index in [0.29, 0.717) is 37.6 Å². The van der Waals surface area contributed by atoms with Crippen molar-refractivity contribution >= 4 is 22.8 Å². The van der Waals surface area contributed by atoms with Gasteiger partial charge in [-0.2, -0.15) is 5.10 Å². The number of likely N-dealkylation sites (tertiary alicyclic amines) is 1. The number of aryl methyl sites for hydroxylation is 2. The van der Waals surface area contributed by atoms with Gasteiger partial charge in [0.1, 0.15) is 23.4 Å². The van der Waals surface area contributed by atoms with Gasteiger partial charge in [0.05, 0.1) is 24.4 Å². The summed E-state index contributed by atoms with van der Waals surface area (Å²) in [6.45, 7) is 11.0. The van der Waals surface area contributed by atoms with Crippen molar-refractivity contribution in [2.24, 2.45) is 0 Å². The van der Waals surface area contributed by atoms with Gasteiger partial charge in [-0.05, 0) is 70.7 Å². The van der Waals surface area contributed by atoms with E-state index in [0.717, 1.165) is 34.4 Å². The van der Waals surface area contributed by atoms with Gasteiger partial charge in [0, 0.05) is 37.0 Å². The number of carbonyl (C=O) groups excluding carboxylic acids is 1. The van der Waals surface area contributed by atoms with E-state index in [1.807, 2.05) is 52.8 Å². The van der Waals surface area contributed by atoms with Gasteiger partial charge in [-0.15, -0.1) is 0 Å². The molecule has 0 bridgehead atoms. The van der Waals surface area contributed by atoms with Gasteiger partial charge in [-0.3, -0.25) is 0 Å². The molecule has 0 spiro atoms. The predicted molar refractivity (Wildman–Crippen MR) is 139 cm³/mol. The molecule has 37 heavy (non-hydrogen) atoms. The van der Waals surface area contributed by atoms with Crippen LogP contribution in [0.5, 0.6) is 0 Å². The highest BCUT2D eigenvalue weighted by Crippen LogP contribution is 2.35. The molecule has 198 valence electrons. The Morgan fingerprint density at radius 3 is 2.51 bits per heavy atom. The minimum Gasteiger partial charge on any atom is -0.444 e. The van der Waals surface area contributed by atoms with Crippen LogP contribution in [0.3, 0.4) is 0 Å². The van der Waals surface area contributed by atoms with Crippen LogP contribution in [0.15, 0.2) is 24.4 Å². The molecule has 2 saturated heterocycles. The van der Waals surface area contributed by atoms with Crippen molar-refractivity contribution in [2.75, 3.05) is 31.1 Å². The van der Waals surface area contributed by atoms with Gasteiger partial charge < -0.3 is 19.6 Å². The lowest BCUT2D eigenvalue weighted by Gasteiger charge is -2.36. The number of hydrogen-bond acceptors (Lipinski definition) is 7. The molecule has 0 aliphatic carbocycles. The number of aliphatic hydroxyl groups is 1. The molecule has 2 aliphatic rings. The lowest BCUT2D eigenvalue weighted by atomic mass is 9.85. The molecule has 10 heteroatoms. The maximum atomic E-state index is 15.5. The minimum absolute atomic E-state index is 0.00642. The third kappa shape index (κ3) is 5.25. The van der Waals surface area contributed by atoms with Crippen molar-refractivity contribution in [1.82, 2.24) is 24.6 Å². The van der Waals surface area contributed by atoms with Crippen molar-refractivity contribution in [3.8, 4) is 5.82 Å². The molecule has 1 amide bonds. The molecule has 0 saturated carbocycles. The number of benzene rings is 1. The second-order valence-corrected chi connectivity index (χ2v) is 11.2. The number of fused-ring (bicyclic) bond motifs is 1. The standard InChI is InChI=1S/C27H35FN6O3/c1-16-10-18-13-29-34(25-12-24(30-17(2)31-25)32-8-6-19(35)14-32)23(18)11-21(16)20-7-9-33(15-22(20)28)26(36)37-27(3,4)5/h10-13,19-20,22,35H,6-9,14-15H2,1-5H3/t19-,20+,22+/m1/s1. The van der Waals surface area contributed by atoms with E-state index in [2.05, 4.69) is 20.0 Å². The molecular formula is C27H35FN6O3. The highest BCUT2D eigenvalue weighted by Gasteiger charge is 2.35. The summed E-state index contributed by atoms with van der Waals surface area (Å²) in [5, 5.41) is 15.5. The van der Waals surface area contributed by atoms with Crippen LogP contribution in [-0.4, -0.2) is 79.9 Å². The van der Waals surface area contributed by atoms with Gasteiger partial charge in [0.15, 0.2) is 5.82 Å². The lowest BCUT2D eigenvalue weighted by Crippen LogP contribution is -2.46. The third-order valence-electron chi connectivity index (χ3n) is 7.06. The molecule has 5 rings (SSSR count). The third-order valence-corrected chi connectivity index (χ3v) is 7.06. The van der Waals surface area contributed by atoms with Crippen LogP contribution in [-0.2, 0) is 4.74 Å². The Morgan fingerprint density at radius 2 is 1.84 bits per heavy atom. The molecule has 4 heterocycles. The summed E-state index contributed by atoms with van der Waals surface area (Å²) in [6, 6.07) is 5.93. The molecule has 3 atom stereocenters. The van der Waals surface area contributed by atoms with Gasteiger partial charge >= 0.3 is 6.09 Å². The van der Waals surface area contributed by atoms with Gasteiger partial charge in [0.2, 0.25) is 0 Å². The summed E-state index contributed by atoms with van der Waals surface area (Å²) in [4.78, 5) is 25.2. The summed E-state index contributed by atoms with van der Waals surface area (Å²) in [5.41, 5.74) is 2.14. The van der Waals surface area contributed by atoms with Crippen LogP contribution in [0, 0.1) is 13.8 Å². The zero-order chi connectivity index (χ0) is 26.5. The number of rotatable bonds is 3. The molecule has 0 radical (unpaired) electrons. The first-order valence-electron chi connectivity index (χ1n) is 12.9. The van der Waals surface area contributed by atoms with Crippen molar-refractivity contribution < 1.29 is 19.0 Å². The fraction of sp³-hybridized carbons (Fsp3) is 0.556. The summed E-state index contributed by atoms with van der Waals surface area (Å²) < 4.78 is 22.7. The number of β-amino-alcohol motifs (C(OH)–C–C–N with tert-alkyl or cyclic N) is 1. The SMILES string of the molecule is Cc1nc(N2CC[C@@H](O)C2)cc(-n2ncc3cc(C)c([C@@H]4CCN(C(=O)OC(C)(C)C)C[C@@H]4F)cc32)n1. The van der Waals surface area contributed by atoms with Crippen molar-refractivity contribution in [3.05, 3.63) is 41.3 Å². The van der Waals surface area contributed by atoms with Crippen LogP contribution in [0.2, 0.25) is 0 Å². The molecule has 1 aromatic carbocycles. The molecule has 9 nitrogen and oxygen atoms in total. The Balaban J connectivity index is 1.44. The molecule has 2 aliphatic heterocycles. The highest BCUT2D eigenvalue weighted by atomic mass is 19.1. The molecule has 1 N–H and O–H groups in total. The topological polar surface area (TPSA) is 96.6 Å². The maximum absolute atomic E-state index is 15.5. The van der Waals surface area contributed by atoms with Crippen molar-refractivity contribution in [1.29, 1.82) is 0 Å². The van der Waals surface area contributed by atoms with Crippen LogP contribution in [0.25, 0.3) is 16.7 Å². The first-order chi connectivity index (χ1) is 17.5. The van der Waals surface area contributed by atoms with Crippen LogP contribution in [0.4, 0.5) is 15.0 Å². The number of carbonyl (C=O) groups is 1. The van der Waals surface area contributed by atoms with E-state index in [9.17, 15) is 9.90 Å². The molecule has 2 fully saturated rings. The van der Waals surface area contributed by atoms with Crippen molar-refractivity contribution in [2.45, 2.75) is 71.3 Å². The van der Waals surface area contributed by atoms with E-state index in [-0.39, 0.29) is 18.6 Å². The summed E-state index contributed by atoms with van der Waals surface area (Å²) in [7, 11) is 0. The summed E-state index contributed by atoms with van der Waals surface area (Å²) >= 11 is 0. The Morgan fingerprint density at radius 1 is 1.08 bits per heavy atom. The van der Waals surface area contributed by atoms with E-state index >= 15 is 4.39 Å². The normalized spacial score (nSPS) is 22.6. The number of aromatic nitrogens is 4. The number of hydrogen-bond donors (Lipinski definition) is 1. The van der Waals surface area contributed by atoms with E-state index < -0.39 is 17.9 Å². The predicted octanol–water partition coefficient (Wildman–Crippen LogP) is 4.07. The Bertz CT molecular complexity index is 1320. The van der Waals surface area contributed by atoms with Crippen molar-refractivity contribution in [3.63, 3.8) is 0 Å². The Kier molecular flexibility index (Phi) is 6.55. The molecular weight excluding hydrogens is 475 g/mol. The number of halogens is 1. The number of piperidine rings is 1. The number of nitrogens with zero attached hydrogens (tertiary/aromatic N) is 6. The Hall–Kier alpha value is -3.27. The molecule has 2 aromatic heterocycles. The first kappa shape index (κ1) is 25.4. The molecule has 0 unspecified atom stereocenters. The van der Waals surface area contributed by atoms with Crippen LogP contribution in [0.1, 0.15) is 56.5 Å². The largest absolute Gasteiger partial charge is 0.444 e. The van der Waals surface area contributed by atoms with Crippen LogP contribution < -0.4 is 4.90 Å². The second-order valence-electron chi connectivity index (χ2n) is 11.2. The second kappa shape index (κ2) is 9.55. The first-order valence-corrected chi connectivity index (χ1v) is 12.9. The number of amides is 1. The fourth-order valence-electron chi connectivity index (χ4n) is 5.29. The van der Waals surface area contributed by atoms with Gasteiger partial charge in [-0.1, -0.05) is 0 Å². The lowest BCUT2D eigenvalue weighted by molar-refractivity contribution is 0.0111. The van der Waals surface area contributed by atoms with Crippen LogP contribution >= 0.6 is 0 Å². The van der Waals surface area contributed by atoms with E-state index in [4.69, 9.17) is 4.74 Å². The smallest absolute Gasteiger partial charge is 0.410 e.